The van der Waals surface area contributed by atoms with E-state index in [0.717, 1.165) is 24.0 Å². The largest absolute Gasteiger partial charge is 0.484 e. The van der Waals surface area contributed by atoms with E-state index in [1.165, 1.54) is 12.1 Å². The van der Waals surface area contributed by atoms with Crippen molar-refractivity contribution in [1.82, 2.24) is 10.2 Å². The molecule has 6 nitrogen and oxygen atoms in total. The maximum absolute atomic E-state index is 13.5. The van der Waals surface area contributed by atoms with Crippen LogP contribution in [-0.4, -0.2) is 30.0 Å². The highest BCUT2D eigenvalue weighted by molar-refractivity contribution is 5.75. The van der Waals surface area contributed by atoms with Gasteiger partial charge in [-0.25, -0.2) is 9.18 Å². The normalized spacial score (nSPS) is 16.2. The highest BCUT2D eigenvalue weighted by Crippen LogP contribution is 2.32. The first-order valence-electron chi connectivity index (χ1n) is 8.83. The van der Waals surface area contributed by atoms with Crippen molar-refractivity contribution in [3.63, 3.8) is 0 Å². The number of rotatable bonds is 6. The van der Waals surface area contributed by atoms with Gasteiger partial charge < -0.3 is 20.7 Å². The van der Waals surface area contributed by atoms with Gasteiger partial charge in [-0.3, -0.25) is 4.79 Å². The van der Waals surface area contributed by atoms with E-state index in [4.69, 9.17) is 10.5 Å². The van der Waals surface area contributed by atoms with Crippen molar-refractivity contribution in [2.24, 2.45) is 5.73 Å². The van der Waals surface area contributed by atoms with E-state index in [0.29, 0.717) is 18.8 Å². The van der Waals surface area contributed by atoms with Gasteiger partial charge in [-0.05, 0) is 48.2 Å². The second-order valence-electron chi connectivity index (χ2n) is 6.47. The Hall–Kier alpha value is -3.09. The maximum atomic E-state index is 13.5. The van der Waals surface area contributed by atoms with Crippen molar-refractivity contribution in [2.45, 2.75) is 25.4 Å². The van der Waals surface area contributed by atoms with Crippen LogP contribution in [0.2, 0.25) is 0 Å². The number of hydrogen-bond acceptors (Lipinski definition) is 3. The number of likely N-dealkylation sites (tertiary alicyclic amines) is 1. The lowest BCUT2D eigenvalue weighted by Crippen LogP contribution is -2.39. The molecule has 0 radical (unpaired) electrons. The Kier molecular flexibility index (Phi) is 5.90. The van der Waals surface area contributed by atoms with Crippen LogP contribution in [-0.2, 0) is 11.3 Å². The Morgan fingerprint density at radius 2 is 2.04 bits per heavy atom. The molecule has 1 aliphatic rings. The van der Waals surface area contributed by atoms with E-state index in [1.807, 2.05) is 12.1 Å². The molecule has 1 aliphatic heterocycles. The standard InChI is InChI=1S/C20H22FN3O3/c21-16-6-2-5-15(11-16)18-8-3-9-24(18)20(26)23-12-14-4-1-7-17(10-14)27-13-19(22)25/h1-2,4-7,10-11,18H,3,8-9,12-13H2,(H2,22,25)(H,23,26). The summed E-state index contributed by atoms with van der Waals surface area (Å²) in [5.41, 5.74) is 6.72. The molecule has 3 rings (SSSR count). The van der Waals surface area contributed by atoms with Gasteiger partial charge in [0.25, 0.3) is 5.91 Å². The Morgan fingerprint density at radius 3 is 2.81 bits per heavy atom. The Labute approximate surface area is 157 Å². The van der Waals surface area contributed by atoms with Crippen molar-refractivity contribution >= 4 is 11.9 Å². The predicted octanol–water partition coefficient (Wildman–Crippen LogP) is 2.74. The smallest absolute Gasteiger partial charge is 0.318 e. The third-order valence-electron chi connectivity index (χ3n) is 4.47. The second kappa shape index (κ2) is 8.53. The van der Waals surface area contributed by atoms with Crippen LogP contribution in [0.3, 0.4) is 0 Å². The monoisotopic (exact) mass is 371 g/mol. The molecule has 0 bridgehead atoms. The van der Waals surface area contributed by atoms with E-state index in [-0.39, 0.29) is 24.5 Å². The second-order valence-corrected chi connectivity index (χ2v) is 6.47. The molecule has 0 saturated carbocycles. The van der Waals surface area contributed by atoms with E-state index in [1.54, 1.807) is 29.2 Å². The third kappa shape index (κ3) is 4.97. The van der Waals surface area contributed by atoms with E-state index >= 15 is 0 Å². The van der Waals surface area contributed by atoms with Crippen molar-refractivity contribution in [3.8, 4) is 5.75 Å². The van der Waals surface area contributed by atoms with Crippen molar-refractivity contribution in [3.05, 3.63) is 65.5 Å². The lowest BCUT2D eigenvalue weighted by molar-refractivity contribution is -0.119. The summed E-state index contributed by atoms with van der Waals surface area (Å²) in [6.45, 7) is 0.757. The first-order chi connectivity index (χ1) is 13.0. The van der Waals surface area contributed by atoms with Crippen LogP contribution in [0.5, 0.6) is 5.75 Å². The topological polar surface area (TPSA) is 84.7 Å². The molecule has 2 aromatic carbocycles. The minimum absolute atomic E-state index is 0.120. The van der Waals surface area contributed by atoms with Gasteiger partial charge >= 0.3 is 6.03 Å². The molecule has 2 aromatic rings. The van der Waals surface area contributed by atoms with Crippen molar-refractivity contribution in [1.29, 1.82) is 0 Å². The molecular formula is C20H22FN3O3. The number of ether oxygens (including phenoxy) is 1. The average Bonchev–Trinajstić information content (AvgIpc) is 3.15. The maximum Gasteiger partial charge on any atom is 0.318 e. The van der Waals surface area contributed by atoms with E-state index < -0.39 is 5.91 Å². The lowest BCUT2D eigenvalue weighted by Gasteiger charge is -2.25. The minimum Gasteiger partial charge on any atom is -0.484 e. The molecule has 0 spiro atoms. The zero-order chi connectivity index (χ0) is 19.2. The minimum atomic E-state index is -0.550. The van der Waals surface area contributed by atoms with Crippen LogP contribution in [0, 0.1) is 5.82 Å². The number of nitrogens with zero attached hydrogens (tertiary/aromatic N) is 1. The quantitative estimate of drug-likeness (QED) is 0.819. The summed E-state index contributed by atoms with van der Waals surface area (Å²) in [6.07, 6.45) is 1.69. The summed E-state index contributed by atoms with van der Waals surface area (Å²) in [6, 6.07) is 13.2. The van der Waals surface area contributed by atoms with Gasteiger partial charge in [-0.2, -0.15) is 0 Å². The highest BCUT2D eigenvalue weighted by atomic mass is 19.1. The number of primary amides is 1. The van der Waals surface area contributed by atoms with Gasteiger partial charge in [-0.15, -0.1) is 0 Å². The molecule has 1 heterocycles. The third-order valence-corrected chi connectivity index (χ3v) is 4.47. The fourth-order valence-electron chi connectivity index (χ4n) is 3.25. The molecule has 1 atom stereocenters. The first-order valence-corrected chi connectivity index (χ1v) is 8.83. The number of carbonyl (C=O) groups is 2. The summed E-state index contributed by atoms with van der Waals surface area (Å²) in [4.78, 5) is 25.2. The van der Waals surface area contributed by atoms with Crippen LogP contribution in [0.25, 0.3) is 0 Å². The molecule has 27 heavy (non-hydrogen) atoms. The van der Waals surface area contributed by atoms with E-state index in [2.05, 4.69) is 5.32 Å². The fraction of sp³-hybridized carbons (Fsp3) is 0.300. The number of amides is 3. The number of nitrogens with two attached hydrogens (primary N) is 1. The molecule has 1 saturated heterocycles. The number of urea groups is 1. The Balaban J connectivity index is 1.60. The molecule has 3 N–H and O–H groups in total. The van der Waals surface area contributed by atoms with Crippen LogP contribution in [0.15, 0.2) is 48.5 Å². The van der Waals surface area contributed by atoms with Gasteiger partial charge in [0.2, 0.25) is 0 Å². The summed E-state index contributed by atoms with van der Waals surface area (Å²) in [7, 11) is 0. The molecule has 142 valence electrons. The Bertz CT molecular complexity index is 828. The zero-order valence-corrected chi connectivity index (χ0v) is 14.9. The molecule has 3 amide bonds. The van der Waals surface area contributed by atoms with Crippen LogP contribution < -0.4 is 15.8 Å². The van der Waals surface area contributed by atoms with E-state index in [9.17, 15) is 14.0 Å². The first kappa shape index (κ1) is 18.7. The summed E-state index contributed by atoms with van der Waals surface area (Å²) in [5, 5.41) is 2.89. The SMILES string of the molecule is NC(=O)COc1cccc(CNC(=O)N2CCCC2c2cccc(F)c2)c1. The fourth-order valence-corrected chi connectivity index (χ4v) is 3.25. The molecule has 0 aromatic heterocycles. The molecule has 0 aliphatic carbocycles. The van der Waals surface area contributed by atoms with Crippen LogP contribution in [0.4, 0.5) is 9.18 Å². The molecule has 7 heteroatoms. The average molecular weight is 371 g/mol. The number of carbonyl (C=O) groups excluding carboxylic acids is 2. The lowest BCUT2D eigenvalue weighted by atomic mass is 10.0. The van der Waals surface area contributed by atoms with Gasteiger partial charge in [0.05, 0.1) is 6.04 Å². The molecule has 1 fully saturated rings. The predicted molar refractivity (Wildman–Crippen MR) is 98.4 cm³/mol. The number of benzene rings is 2. The van der Waals surface area contributed by atoms with Crippen LogP contribution >= 0.6 is 0 Å². The summed E-state index contributed by atoms with van der Waals surface area (Å²) in [5.74, 6) is -0.335. The summed E-state index contributed by atoms with van der Waals surface area (Å²) >= 11 is 0. The van der Waals surface area contributed by atoms with Crippen molar-refractivity contribution < 1.29 is 18.7 Å². The zero-order valence-electron chi connectivity index (χ0n) is 14.9. The molecular weight excluding hydrogens is 349 g/mol. The number of hydrogen-bond donors (Lipinski definition) is 2. The van der Waals surface area contributed by atoms with Crippen molar-refractivity contribution in [2.75, 3.05) is 13.2 Å². The highest BCUT2D eigenvalue weighted by Gasteiger charge is 2.29. The van der Waals surface area contributed by atoms with Gasteiger partial charge in [0.15, 0.2) is 6.61 Å². The van der Waals surface area contributed by atoms with Crippen LogP contribution in [0.1, 0.15) is 30.0 Å². The summed E-state index contributed by atoms with van der Waals surface area (Å²) < 4.78 is 18.8. The van der Waals surface area contributed by atoms with Gasteiger partial charge in [0.1, 0.15) is 11.6 Å². The number of nitrogens with one attached hydrogen (secondary N) is 1. The number of halogens is 1. The van der Waals surface area contributed by atoms with Gasteiger partial charge in [-0.1, -0.05) is 24.3 Å². The van der Waals surface area contributed by atoms with Gasteiger partial charge in [0, 0.05) is 13.1 Å². The Morgan fingerprint density at radius 1 is 1.22 bits per heavy atom. The molecule has 1 unspecified atom stereocenters.